The number of rotatable bonds is 2. The van der Waals surface area contributed by atoms with Gasteiger partial charge in [0.05, 0.1) is 0 Å². The molecular formula is C11H22N4. The summed E-state index contributed by atoms with van der Waals surface area (Å²) in [6.07, 6.45) is 3.76. The number of guanidine groups is 1. The average Bonchev–Trinajstić information content (AvgIpc) is 2.72. The molecule has 0 aromatic heterocycles. The Morgan fingerprint density at radius 2 is 2.27 bits per heavy atom. The van der Waals surface area contributed by atoms with Crippen molar-refractivity contribution in [1.29, 1.82) is 0 Å². The molecule has 0 bridgehead atoms. The van der Waals surface area contributed by atoms with Gasteiger partial charge in [0.1, 0.15) is 0 Å². The highest BCUT2D eigenvalue weighted by Crippen LogP contribution is 2.21. The Hall–Kier alpha value is -0.770. The number of aliphatic imine (C=N–C) groups is 1. The first-order valence-corrected chi connectivity index (χ1v) is 6.10. The molecule has 2 saturated heterocycles. The maximum atomic E-state index is 5.97. The molecule has 0 aliphatic carbocycles. The molecule has 2 heterocycles. The summed E-state index contributed by atoms with van der Waals surface area (Å²) in [5.41, 5.74) is 5.97. The van der Waals surface area contributed by atoms with E-state index in [2.05, 4.69) is 21.7 Å². The van der Waals surface area contributed by atoms with E-state index in [0.717, 1.165) is 44.6 Å². The van der Waals surface area contributed by atoms with Gasteiger partial charge in [-0.2, -0.15) is 0 Å². The van der Waals surface area contributed by atoms with Crippen molar-refractivity contribution in [3.8, 4) is 0 Å². The highest BCUT2D eigenvalue weighted by molar-refractivity contribution is 5.78. The van der Waals surface area contributed by atoms with E-state index in [1.807, 2.05) is 0 Å². The fraction of sp³-hybridized carbons (Fsp3) is 0.909. The lowest BCUT2D eigenvalue weighted by molar-refractivity contribution is 0.150. The van der Waals surface area contributed by atoms with E-state index >= 15 is 0 Å². The van der Waals surface area contributed by atoms with Crippen LogP contribution in [0.1, 0.15) is 26.2 Å². The Kier molecular flexibility index (Phi) is 3.46. The van der Waals surface area contributed by atoms with E-state index in [0.29, 0.717) is 0 Å². The number of piperazine rings is 1. The van der Waals surface area contributed by atoms with Gasteiger partial charge in [0.2, 0.25) is 0 Å². The van der Waals surface area contributed by atoms with Crippen LogP contribution in [-0.4, -0.2) is 54.5 Å². The van der Waals surface area contributed by atoms with E-state index in [1.165, 1.54) is 19.4 Å². The molecule has 0 saturated carbocycles. The summed E-state index contributed by atoms with van der Waals surface area (Å²) in [5.74, 6) is 0.753. The van der Waals surface area contributed by atoms with Gasteiger partial charge in [-0.25, -0.2) is 0 Å². The zero-order valence-electron chi connectivity index (χ0n) is 9.65. The Balaban J connectivity index is 1.89. The molecular weight excluding hydrogens is 188 g/mol. The van der Waals surface area contributed by atoms with Crippen molar-refractivity contribution in [2.45, 2.75) is 32.2 Å². The van der Waals surface area contributed by atoms with Crippen LogP contribution in [-0.2, 0) is 0 Å². The van der Waals surface area contributed by atoms with Gasteiger partial charge in [0, 0.05) is 32.2 Å². The summed E-state index contributed by atoms with van der Waals surface area (Å²) in [7, 11) is 0. The summed E-state index contributed by atoms with van der Waals surface area (Å²) < 4.78 is 0. The highest BCUT2D eigenvalue weighted by Gasteiger charge is 2.30. The van der Waals surface area contributed by atoms with Crippen LogP contribution in [0.4, 0.5) is 0 Å². The normalized spacial score (nSPS) is 28.2. The van der Waals surface area contributed by atoms with Gasteiger partial charge < -0.3 is 10.6 Å². The minimum atomic E-state index is 0.731. The summed E-state index contributed by atoms with van der Waals surface area (Å²) in [5, 5.41) is 0. The zero-order valence-corrected chi connectivity index (χ0v) is 9.65. The number of hydrogen-bond donors (Lipinski definition) is 1. The molecule has 0 spiro atoms. The lowest BCUT2D eigenvalue weighted by Gasteiger charge is -2.38. The monoisotopic (exact) mass is 210 g/mol. The smallest absolute Gasteiger partial charge is 0.191 e. The van der Waals surface area contributed by atoms with Crippen LogP contribution < -0.4 is 5.73 Å². The Labute approximate surface area is 92.1 Å². The average molecular weight is 210 g/mol. The number of nitrogens with two attached hydrogens (primary N) is 1. The number of hydrogen-bond acceptors (Lipinski definition) is 2. The zero-order chi connectivity index (χ0) is 10.7. The third-order valence-corrected chi connectivity index (χ3v) is 3.41. The third-order valence-electron chi connectivity index (χ3n) is 3.41. The molecule has 86 valence electrons. The predicted octanol–water partition coefficient (Wildman–Crippen LogP) is 0.491. The van der Waals surface area contributed by atoms with E-state index in [4.69, 9.17) is 5.73 Å². The van der Waals surface area contributed by atoms with Crippen molar-refractivity contribution in [1.82, 2.24) is 9.80 Å². The Bertz CT molecular complexity index is 239. The fourth-order valence-electron chi connectivity index (χ4n) is 2.53. The first kappa shape index (κ1) is 10.7. The van der Waals surface area contributed by atoms with Crippen LogP contribution in [0.5, 0.6) is 0 Å². The first-order valence-electron chi connectivity index (χ1n) is 6.10. The van der Waals surface area contributed by atoms with Crippen LogP contribution in [0.15, 0.2) is 4.99 Å². The predicted molar refractivity (Wildman–Crippen MR) is 62.9 cm³/mol. The van der Waals surface area contributed by atoms with Crippen molar-refractivity contribution >= 4 is 5.96 Å². The Morgan fingerprint density at radius 1 is 1.40 bits per heavy atom. The van der Waals surface area contributed by atoms with Crippen LogP contribution in [0.2, 0.25) is 0 Å². The van der Waals surface area contributed by atoms with Crippen molar-refractivity contribution in [3.63, 3.8) is 0 Å². The standard InChI is InChI=1S/C11H22N4/c1-2-5-13-11(12)15-8-7-14-6-3-4-10(14)9-15/h10H,2-9H2,1H3,(H2,12,13). The van der Waals surface area contributed by atoms with E-state index in [-0.39, 0.29) is 0 Å². The summed E-state index contributed by atoms with van der Waals surface area (Å²) in [6.45, 7) is 7.56. The minimum Gasteiger partial charge on any atom is -0.370 e. The lowest BCUT2D eigenvalue weighted by Crippen LogP contribution is -2.54. The van der Waals surface area contributed by atoms with Crippen molar-refractivity contribution < 1.29 is 0 Å². The van der Waals surface area contributed by atoms with Crippen LogP contribution in [0.3, 0.4) is 0 Å². The maximum absolute atomic E-state index is 5.97. The largest absolute Gasteiger partial charge is 0.370 e. The van der Waals surface area contributed by atoms with Crippen molar-refractivity contribution in [2.24, 2.45) is 10.7 Å². The molecule has 0 radical (unpaired) electrons. The molecule has 2 fully saturated rings. The van der Waals surface area contributed by atoms with Gasteiger partial charge in [-0.3, -0.25) is 9.89 Å². The minimum absolute atomic E-state index is 0.731. The van der Waals surface area contributed by atoms with Crippen LogP contribution in [0, 0.1) is 0 Å². The van der Waals surface area contributed by atoms with Gasteiger partial charge in [0.15, 0.2) is 5.96 Å². The summed E-state index contributed by atoms with van der Waals surface area (Å²) in [6, 6.07) is 0.731. The van der Waals surface area contributed by atoms with Gasteiger partial charge >= 0.3 is 0 Å². The van der Waals surface area contributed by atoms with Crippen molar-refractivity contribution in [2.75, 3.05) is 32.7 Å². The molecule has 4 heteroatoms. The Morgan fingerprint density at radius 3 is 3.07 bits per heavy atom. The molecule has 2 aliphatic rings. The second-order valence-electron chi connectivity index (χ2n) is 4.52. The van der Waals surface area contributed by atoms with Gasteiger partial charge in [-0.15, -0.1) is 0 Å². The SMILES string of the molecule is CCCN=C(N)N1CCN2CCCC2C1. The van der Waals surface area contributed by atoms with Crippen LogP contribution >= 0.6 is 0 Å². The topological polar surface area (TPSA) is 44.9 Å². The van der Waals surface area contributed by atoms with E-state index in [9.17, 15) is 0 Å². The molecule has 0 aromatic rings. The summed E-state index contributed by atoms with van der Waals surface area (Å²) >= 11 is 0. The molecule has 0 amide bonds. The lowest BCUT2D eigenvalue weighted by atomic mass is 10.2. The molecule has 2 rings (SSSR count). The van der Waals surface area contributed by atoms with Crippen LogP contribution in [0.25, 0.3) is 0 Å². The molecule has 2 aliphatic heterocycles. The van der Waals surface area contributed by atoms with Gasteiger partial charge in [0.25, 0.3) is 0 Å². The molecule has 0 aromatic carbocycles. The second kappa shape index (κ2) is 4.84. The second-order valence-corrected chi connectivity index (χ2v) is 4.52. The molecule has 2 N–H and O–H groups in total. The van der Waals surface area contributed by atoms with E-state index in [1.54, 1.807) is 0 Å². The summed E-state index contributed by atoms with van der Waals surface area (Å²) in [4.78, 5) is 9.22. The number of nitrogens with zero attached hydrogens (tertiary/aromatic N) is 3. The fourth-order valence-corrected chi connectivity index (χ4v) is 2.53. The quantitative estimate of drug-likeness (QED) is 0.533. The van der Waals surface area contributed by atoms with E-state index < -0.39 is 0 Å². The molecule has 15 heavy (non-hydrogen) atoms. The van der Waals surface area contributed by atoms with Gasteiger partial charge in [-0.05, 0) is 25.8 Å². The number of fused-ring (bicyclic) bond motifs is 1. The third kappa shape index (κ3) is 2.43. The molecule has 4 nitrogen and oxygen atoms in total. The first-order chi connectivity index (χ1) is 7.31. The molecule has 1 atom stereocenters. The molecule has 1 unspecified atom stereocenters. The van der Waals surface area contributed by atoms with Crippen molar-refractivity contribution in [3.05, 3.63) is 0 Å². The van der Waals surface area contributed by atoms with Gasteiger partial charge in [-0.1, -0.05) is 6.92 Å². The maximum Gasteiger partial charge on any atom is 0.191 e. The highest BCUT2D eigenvalue weighted by atomic mass is 15.3.